The Hall–Kier alpha value is -3.98. The lowest BCUT2D eigenvalue weighted by atomic mass is 10.2. The molecule has 0 saturated carbocycles. The molecule has 0 aliphatic rings. The van der Waals surface area contributed by atoms with Gasteiger partial charge < -0.3 is 15.2 Å². The number of ether oxygens (including phenoxy) is 1. The fraction of sp³-hybridized carbons (Fsp3) is 0.0476. The molecule has 0 bridgehead atoms. The minimum Gasteiger partial charge on any atom is -0.507 e. The van der Waals surface area contributed by atoms with Gasteiger partial charge in [-0.2, -0.15) is 0 Å². The fourth-order valence-electron chi connectivity index (χ4n) is 2.84. The lowest BCUT2D eigenvalue weighted by Gasteiger charge is -2.09. The number of amides is 1. The maximum absolute atomic E-state index is 12.3. The number of anilines is 1. The van der Waals surface area contributed by atoms with E-state index in [1.54, 1.807) is 18.2 Å². The van der Waals surface area contributed by atoms with Crippen LogP contribution >= 0.6 is 11.3 Å². The van der Waals surface area contributed by atoms with Crippen LogP contribution in [0.15, 0.2) is 66.7 Å². The van der Waals surface area contributed by atoms with Crippen LogP contribution in [0.3, 0.4) is 0 Å². The number of para-hydroxylation sites is 3. The van der Waals surface area contributed by atoms with E-state index in [-0.39, 0.29) is 17.2 Å². The molecule has 3 aromatic carbocycles. The number of nitro benzene ring substituents is 1. The molecule has 4 aromatic rings. The van der Waals surface area contributed by atoms with Crippen molar-refractivity contribution in [3.05, 3.63) is 76.8 Å². The van der Waals surface area contributed by atoms with Crippen LogP contribution in [-0.2, 0) is 4.79 Å². The predicted octanol–water partition coefficient (Wildman–Crippen LogP) is 4.59. The first-order chi connectivity index (χ1) is 14.5. The highest BCUT2D eigenvalue weighted by molar-refractivity contribution is 7.21. The molecule has 8 nitrogen and oxygen atoms in total. The average molecular weight is 421 g/mol. The van der Waals surface area contributed by atoms with Crippen molar-refractivity contribution < 1.29 is 19.6 Å². The summed E-state index contributed by atoms with van der Waals surface area (Å²) in [6.07, 6.45) is 0. The lowest BCUT2D eigenvalue weighted by molar-refractivity contribution is -0.385. The number of fused-ring (bicyclic) bond motifs is 1. The first-order valence-electron chi connectivity index (χ1n) is 8.86. The second kappa shape index (κ2) is 8.18. The largest absolute Gasteiger partial charge is 0.507 e. The van der Waals surface area contributed by atoms with Crippen LogP contribution in [-0.4, -0.2) is 27.5 Å². The third-order valence-corrected chi connectivity index (χ3v) is 5.30. The van der Waals surface area contributed by atoms with Crippen LogP contribution in [0.1, 0.15) is 0 Å². The number of nitro groups is 1. The topological polar surface area (TPSA) is 115 Å². The number of phenolic OH excluding ortho intramolecular Hbond substituents is 1. The van der Waals surface area contributed by atoms with Gasteiger partial charge in [-0.3, -0.25) is 14.9 Å². The van der Waals surface area contributed by atoms with Crippen LogP contribution in [0.5, 0.6) is 11.5 Å². The third kappa shape index (κ3) is 4.06. The zero-order valence-corrected chi connectivity index (χ0v) is 16.3. The van der Waals surface area contributed by atoms with Crippen molar-refractivity contribution in [3.8, 4) is 22.1 Å². The van der Waals surface area contributed by atoms with Crippen molar-refractivity contribution in [1.82, 2.24) is 4.98 Å². The molecule has 1 aromatic heterocycles. The molecule has 2 N–H and O–H groups in total. The molecule has 0 aliphatic carbocycles. The number of hydrogen-bond donors (Lipinski definition) is 2. The van der Waals surface area contributed by atoms with E-state index in [2.05, 4.69) is 10.3 Å². The number of hydrogen-bond acceptors (Lipinski definition) is 7. The number of carbonyl (C=O) groups is 1. The lowest BCUT2D eigenvalue weighted by Crippen LogP contribution is -2.20. The molecular weight excluding hydrogens is 406 g/mol. The van der Waals surface area contributed by atoms with Crippen LogP contribution in [0, 0.1) is 10.1 Å². The van der Waals surface area contributed by atoms with E-state index in [9.17, 15) is 20.0 Å². The van der Waals surface area contributed by atoms with E-state index < -0.39 is 17.4 Å². The van der Waals surface area contributed by atoms with Crippen molar-refractivity contribution in [2.45, 2.75) is 0 Å². The molecule has 30 heavy (non-hydrogen) atoms. The zero-order chi connectivity index (χ0) is 21.1. The van der Waals surface area contributed by atoms with Gasteiger partial charge in [-0.25, -0.2) is 4.98 Å². The molecule has 150 valence electrons. The van der Waals surface area contributed by atoms with E-state index in [0.717, 1.165) is 10.2 Å². The SMILES string of the molecule is O=C(COc1ccccc1[N+](=O)[O-])Nc1ccc(O)c(-c2nc3ccccc3s2)c1. The summed E-state index contributed by atoms with van der Waals surface area (Å²) in [5.41, 5.74) is 1.55. The van der Waals surface area contributed by atoms with Crippen LogP contribution in [0.2, 0.25) is 0 Å². The van der Waals surface area contributed by atoms with Crippen molar-refractivity contribution in [1.29, 1.82) is 0 Å². The van der Waals surface area contributed by atoms with Gasteiger partial charge in [-0.1, -0.05) is 24.3 Å². The van der Waals surface area contributed by atoms with Crippen molar-refractivity contribution in [3.63, 3.8) is 0 Å². The van der Waals surface area contributed by atoms with Gasteiger partial charge in [0, 0.05) is 11.8 Å². The molecule has 0 spiro atoms. The number of thiazole rings is 1. The van der Waals surface area contributed by atoms with Crippen molar-refractivity contribution in [2.75, 3.05) is 11.9 Å². The Morgan fingerprint density at radius 2 is 1.90 bits per heavy atom. The summed E-state index contributed by atoms with van der Waals surface area (Å²) in [4.78, 5) is 27.2. The van der Waals surface area contributed by atoms with Gasteiger partial charge in [-0.15, -0.1) is 11.3 Å². The van der Waals surface area contributed by atoms with E-state index in [0.29, 0.717) is 16.3 Å². The summed E-state index contributed by atoms with van der Waals surface area (Å²) in [7, 11) is 0. The van der Waals surface area contributed by atoms with Gasteiger partial charge in [0.1, 0.15) is 10.8 Å². The number of rotatable bonds is 6. The Balaban J connectivity index is 1.49. The van der Waals surface area contributed by atoms with Crippen LogP contribution in [0.4, 0.5) is 11.4 Å². The molecule has 1 amide bonds. The van der Waals surface area contributed by atoms with Crippen molar-refractivity contribution in [2.24, 2.45) is 0 Å². The number of aromatic nitrogens is 1. The Bertz CT molecular complexity index is 1220. The van der Waals surface area contributed by atoms with Gasteiger partial charge in [0.2, 0.25) is 0 Å². The summed E-state index contributed by atoms with van der Waals surface area (Å²) < 4.78 is 6.28. The first-order valence-corrected chi connectivity index (χ1v) is 9.68. The molecule has 0 atom stereocenters. The Kier molecular flexibility index (Phi) is 5.27. The maximum Gasteiger partial charge on any atom is 0.310 e. The highest BCUT2D eigenvalue weighted by atomic mass is 32.1. The highest BCUT2D eigenvalue weighted by Crippen LogP contribution is 2.36. The summed E-state index contributed by atoms with van der Waals surface area (Å²) in [5.74, 6) is -0.434. The highest BCUT2D eigenvalue weighted by Gasteiger charge is 2.16. The molecule has 9 heteroatoms. The molecule has 0 saturated heterocycles. The van der Waals surface area contributed by atoms with E-state index >= 15 is 0 Å². The second-order valence-corrected chi connectivity index (χ2v) is 7.31. The minimum absolute atomic E-state index is 0.0125. The average Bonchev–Trinajstić information content (AvgIpc) is 3.18. The first kappa shape index (κ1) is 19.3. The fourth-order valence-corrected chi connectivity index (χ4v) is 3.83. The smallest absolute Gasteiger partial charge is 0.310 e. The van der Waals surface area contributed by atoms with Gasteiger partial charge in [0.05, 0.1) is 20.7 Å². The number of phenols is 1. The molecule has 0 aliphatic heterocycles. The Morgan fingerprint density at radius 1 is 1.13 bits per heavy atom. The monoisotopic (exact) mass is 421 g/mol. The summed E-state index contributed by atoms with van der Waals surface area (Å²) in [5, 5.41) is 24.6. The normalized spacial score (nSPS) is 10.7. The van der Waals surface area contributed by atoms with Crippen molar-refractivity contribution >= 4 is 38.8 Å². The Morgan fingerprint density at radius 3 is 2.70 bits per heavy atom. The standard InChI is InChI=1S/C21H15N3O5S/c25-17-10-9-13(11-14(17)21-23-15-5-1-4-8-19(15)30-21)22-20(26)12-29-18-7-3-2-6-16(18)24(27)28/h1-11,25H,12H2,(H,22,26). The minimum atomic E-state index is -0.572. The van der Waals surface area contributed by atoms with Gasteiger partial charge in [0.25, 0.3) is 5.91 Å². The van der Waals surface area contributed by atoms with Crippen LogP contribution in [0.25, 0.3) is 20.8 Å². The zero-order valence-electron chi connectivity index (χ0n) is 15.4. The number of nitrogens with zero attached hydrogens (tertiary/aromatic N) is 2. The molecule has 0 fully saturated rings. The number of carbonyl (C=O) groups excluding carboxylic acids is 1. The molecule has 1 heterocycles. The van der Waals surface area contributed by atoms with Gasteiger partial charge in [0.15, 0.2) is 12.4 Å². The van der Waals surface area contributed by atoms with Gasteiger partial charge in [-0.05, 0) is 36.4 Å². The Labute approximate surface area is 174 Å². The summed E-state index contributed by atoms with van der Waals surface area (Å²) >= 11 is 1.43. The molecule has 0 radical (unpaired) electrons. The van der Waals surface area contributed by atoms with Gasteiger partial charge >= 0.3 is 5.69 Å². The predicted molar refractivity (Wildman–Crippen MR) is 114 cm³/mol. The third-order valence-electron chi connectivity index (χ3n) is 4.23. The summed E-state index contributed by atoms with van der Waals surface area (Å²) in [6, 6.07) is 18.1. The summed E-state index contributed by atoms with van der Waals surface area (Å²) in [6.45, 7) is -0.401. The molecule has 0 unspecified atom stereocenters. The number of benzene rings is 3. The molecule has 4 rings (SSSR count). The van der Waals surface area contributed by atoms with E-state index in [1.807, 2.05) is 24.3 Å². The number of aromatic hydroxyl groups is 1. The second-order valence-electron chi connectivity index (χ2n) is 6.28. The maximum atomic E-state index is 12.3. The van der Waals surface area contributed by atoms with E-state index in [1.165, 1.54) is 35.6 Å². The van der Waals surface area contributed by atoms with Crippen LogP contribution < -0.4 is 10.1 Å². The van der Waals surface area contributed by atoms with E-state index in [4.69, 9.17) is 4.74 Å². The molecular formula is C21H15N3O5S. The number of nitrogens with one attached hydrogen (secondary N) is 1. The quantitative estimate of drug-likeness (QED) is 0.267.